The molecule has 1 atom stereocenters. The summed E-state index contributed by atoms with van der Waals surface area (Å²) in [5.41, 5.74) is 0. The van der Waals surface area contributed by atoms with E-state index in [1.54, 1.807) is 6.07 Å². The molecule has 0 unspecified atom stereocenters. The number of amides is 2. The van der Waals surface area contributed by atoms with Gasteiger partial charge in [-0.3, -0.25) is 4.21 Å². The third kappa shape index (κ3) is 5.49. The SMILES string of the molecule is O=C(NCC[S@](=O)c1ccccc1)NCc1ccc(Cl)s1. The smallest absolute Gasteiger partial charge is 0.315 e. The van der Waals surface area contributed by atoms with E-state index in [9.17, 15) is 9.00 Å². The van der Waals surface area contributed by atoms with Gasteiger partial charge in [0.05, 0.1) is 21.7 Å². The fourth-order valence-electron chi connectivity index (χ4n) is 1.62. The van der Waals surface area contributed by atoms with Crippen LogP contribution < -0.4 is 10.6 Å². The summed E-state index contributed by atoms with van der Waals surface area (Å²) >= 11 is 7.24. The maximum atomic E-state index is 11.9. The van der Waals surface area contributed by atoms with Crippen molar-refractivity contribution < 1.29 is 9.00 Å². The number of halogens is 1. The van der Waals surface area contributed by atoms with Gasteiger partial charge in [0, 0.05) is 22.1 Å². The maximum Gasteiger partial charge on any atom is 0.315 e. The molecule has 2 amide bonds. The van der Waals surface area contributed by atoms with E-state index in [1.807, 2.05) is 36.4 Å². The molecule has 1 aromatic carbocycles. The molecule has 1 aromatic heterocycles. The largest absolute Gasteiger partial charge is 0.337 e. The number of benzene rings is 1. The van der Waals surface area contributed by atoms with Gasteiger partial charge in [-0.1, -0.05) is 29.8 Å². The first-order valence-corrected chi connectivity index (χ1v) is 8.86. The second-order valence-corrected chi connectivity index (χ2v) is 7.55. The molecule has 0 bridgehead atoms. The summed E-state index contributed by atoms with van der Waals surface area (Å²) in [5, 5.41) is 5.42. The number of nitrogens with one attached hydrogen (secondary N) is 2. The summed E-state index contributed by atoms with van der Waals surface area (Å²) < 4.78 is 12.6. The van der Waals surface area contributed by atoms with E-state index in [0.29, 0.717) is 23.2 Å². The second-order valence-electron chi connectivity index (χ2n) is 4.18. The number of urea groups is 1. The Morgan fingerprint density at radius 2 is 1.90 bits per heavy atom. The number of rotatable bonds is 6. The van der Waals surface area contributed by atoms with Crippen molar-refractivity contribution in [2.75, 3.05) is 12.3 Å². The highest BCUT2D eigenvalue weighted by atomic mass is 35.5. The molecule has 2 aromatic rings. The van der Waals surface area contributed by atoms with Crippen molar-refractivity contribution >= 4 is 39.8 Å². The molecule has 0 aliphatic carbocycles. The van der Waals surface area contributed by atoms with E-state index in [2.05, 4.69) is 10.6 Å². The number of carbonyl (C=O) groups excluding carboxylic acids is 1. The zero-order valence-corrected chi connectivity index (χ0v) is 13.6. The van der Waals surface area contributed by atoms with Crippen molar-refractivity contribution in [3.05, 3.63) is 51.7 Å². The Balaban J connectivity index is 1.66. The fourth-order valence-corrected chi connectivity index (χ4v) is 3.64. The normalized spacial score (nSPS) is 11.9. The van der Waals surface area contributed by atoms with Crippen LogP contribution in [0.3, 0.4) is 0 Å². The van der Waals surface area contributed by atoms with Crippen LogP contribution in [0, 0.1) is 0 Å². The van der Waals surface area contributed by atoms with E-state index in [-0.39, 0.29) is 6.03 Å². The summed E-state index contributed by atoms with van der Waals surface area (Å²) in [6.07, 6.45) is 0. The lowest BCUT2D eigenvalue weighted by Gasteiger charge is -2.06. The second kappa shape index (κ2) is 8.17. The third-order valence-electron chi connectivity index (χ3n) is 2.63. The molecular formula is C14H15ClN2O2S2. The predicted octanol–water partition coefficient (Wildman–Crippen LogP) is 3.01. The number of thiophene rings is 1. The quantitative estimate of drug-likeness (QED) is 0.847. The average molecular weight is 343 g/mol. The Morgan fingerprint density at radius 1 is 1.14 bits per heavy atom. The van der Waals surface area contributed by atoms with Gasteiger partial charge in [-0.15, -0.1) is 11.3 Å². The Kier molecular flexibility index (Phi) is 6.22. The lowest BCUT2D eigenvalue weighted by molar-refractivity contribution is 0.241. The van der Waals surface area contributed by atoms with Crippen molar-refractivity contribution in [1.29, 1.82) is 0 Å². The first kappa shape index (κ1) is 16.0. The van der Waals surface area contributed by atoms with E-state index in [0.717, 1.165) is 9.77 Å². The summed E-state index contributed by atoms with van der Waals surface area (Å²) in [4.78, 5) is 13.4. The molecule has 0 radical (unpaired) electrons. The highest BCUT2D eigenvalue weighted by Crippen LogP contribution is 2.20. The van der Waals surface area contributed by atoms with Gasteiger partial charge in [0.15, 0.2) is 0 Å². The van der Waals surface area contributed by atoms with Crippen LogP contribution in [0.1, 0.15) is 4.88 Å². The Labute approximate surface area is 135 Å². The zero-order chi connectivity index (χ0) is 15.1. The number of hydrogen-bond acceptors (Lipinski definition) is 3. The highest BCUT2D eigenvalue weighted by Gasteiger charge is 2.05. The summed E-state index contributed by atoms with van der Waals surface area (Å²) in [6.45, 7) is 0.795. The molecule has 21 heavy (non-hydrogen) atoms. The van der Waals surface area contributed by atoms with Gasteiger partial charge in [-0.25, -0.2) is 4.79 Å². The minimum Gasteiger partial charge on any atom is -0.337 e. The summed E-state index contributed by atoms with van der Waals surface area (Å²) in [7, 11) is -1.09. The zero-order valence-electron chi connectivity index (χ0n) is 11.2. The van der Waals surface area contributed by atoms with Gasteiger partial charge < -0.3 is 10.6 Å². The van der Waals surface area contributed by atoms with Gasteiger partial charge >= 0.3 is 6.03 Å². The first-order valence-electron chi connectivity index (χ1n) is 6.34. The first-order chi connectivity index (χ1) is 10.1. The van der Waals surface area contributed by atoms with Crippen molar-refractivity contribution in [1.82, 2.24) is 10.6 Å². The van der Waals surface area contributed by atoms with Gasteiger partial charge in [0.1, 0.15) is 0 Å². The van der Waals surface area contributed by atoms with Crippen LogP contribution in [0.4, 0.5) is 4.79 Å². The molecule has 0 aliphatic heterocycles. The maximum absolute atomic E-state index is 11.9. The van der Waals surface area contributed by atoms with Crippen LogP contribution in [0.25, 0.3) is 0 Å². The lowest BCUT2D eigenvalue weighted by atomic mass is 10.4. The molecule has 0 spiro atoms. The van der Waals surface area contributed by atoms with Crippen LogP contribution in [-0.4, -0.2) is 22.5 Å². The number of hydrogen-bond donors (Lipinski definition) is 2. The third-order valence-corrected chi connectivity index (χ3v) is 5.24. The standard InChI is InChI=1S/C14H15ClN2O2S2/c15-13-7-6-11(20-13)10-17-14(18)16-8-9-21(19)12-4-2-1-3-5-12/h1-7H,8-10H2,(H2,16,17,18)/t21-/m0/s1. The van der Waals surface area contributed by atoms with Crippen LogP contribution in [0.2, 0.25) is 4.34 Å². The molecular weight excluding hydrogens is 328 g/mol. The van der Waals surface area contributed by atoms with Crippen LogP contribution in [0.15, 0.2) is 47.4 Å². The molecule has 2 N–H and O–H groups in total. The molecule has 1 heterocycles. The van der Waals surface area contributed by atoms with E-state index in [4.69, 9.17) is 11.6 Å². The summed E-state index contributed by atoms with van der Waals surface area (Å²) in [6, 6.07) is 12.6. The minimum absolute atomic E-state index is 0.274. The van der Waals surface area contributed by atoms with Crippen LogP contribution in [0.5, 0.6) is 0 Å². The molecule has 7 heteroatoms. The summed E-state index contributed by atoms with van der Waals surface area (Å²) in [5.74, 6) is 0.391. The van der Waals surface area contributed by atoms with E-state index in [1.165, 1.54) is 11.3 Å². The van der Waals surface area contributed by atoms with Crippen LogP contribution >= 0.6 is 22.9 Å². The Hall–Kier alpha value is -1.37. The van der Waals surface area contributed by atoms with E-state index >= 15 is 0 Å². The molecule has 0 saturated heterocycles. The molecule has 112 valence electrons. The monoisotopic (exact) mass is 342 g/mol. The topological polar surface area (TPSA) is 58.2 Å². The Morgan fingerprint density at radius 3 is 2.57 bits per heavy atom. The molecule has 2 rings (SSSR count). The predicted molar refractivity (Wildman–Crippen MR) is 87.3 cm³/mol. The van der Waals surface area contributed by atoms with Crippen molar-refractivity contribution in [3.63, 3.8) is 0 Å². The van der Waals surface area contributed by atoms with Gasteiger partial charge in [0.25, 0.3) is 0 Å². The highest BCUT2D eigenvalue weighted by molar-refractivity contribution is 7.85. The van der Waals surface area contributed by atoms with Crippen molar-refractivity contribution in [3.8, 4) is 0 Å². The molecule has 0 aliphatic rings. The van der Waals surface area contributed by atoms with Gasteiger partial charge in [-0.05, 0) is 24.3 Å². The lowest BCUT2D eigenvalue weighted by Crippen LogP contribution is -2.36. The van der Waals surface area contributed by atoms with E-state index < -0.39 is 10.8 Å². The number of carbonyl (C=O) groups is 1. The molecule has 4 nitrogen and oxygen atoms in total. The van der Waals surface area contributed by atoms with Crippen LogP contribution in [-0.2, 0) is 17.3 Å². The van der Waals surface area contributed by atoms with Gasteiger partial charge in [0.2, 0.25) is 0 Å². The molecule has 0 fully saturated rings. The van der Waals surface area contributed by atoms with Gasteiger partial charge in [-0.2, -0.15) is 0 Å². The van der Waals surface area contributed by atoms with Crippen molar-refractivity contribution in [2.45, 2.75) is 11.4 Å². The Bertz CT molecular complexity index is 616. The van der Waals surface area contributed by atoms with Crippen molar-refractivity contribution in [2.24, 2.45) is 0 Å². The average Bonchev–Trinajstić information content (AvgIpc) is 2.91. The fraction of sp³-hybridized carbons (Fsp3) is 0.214. The molecule has 0 saturated carbocycles. The minimum atomic E-state index is -1.09.